The fourth-order valence-electron chi connectivity index (χ4n) is 2.07. The van der Waals surface area contributed by atoms with Crippen LogP contribution in [0.5, 0.6) is 0 Å². The van der Waals surface area contributed by atoms with Crippen LogP contribution in [-0.2, 0) is 11.3 Å². The predicted molar refractivity (Wildman–Crippen MR) is 67.0 cm³/mol. The van der Waals surface area contributed by atoms with Crippen molar-refractivity contribution < 1.29 is 4.74 Å². The van der Waals surface area contributed by atoms with E-state index in [1.807, 2.05) is 18.7 Å². The maximum Gasteiger partial charge on any atom is 0.0946 e. The van der Waals surface area contributed by atoms with E-state index in [0.29, 0.717) is 6.04 Å². The second-order valence-electron chi connectivity index (χ2n) is 4.57. The summed E-state index contributed by atoms with van der Waals surface area (Å²) in [5.41, 5.74) is 0. The summed E-state index contributed by atoms with van der Waals surface area (Å²) in [7, 11) is 0. The van der Waals surface area contributed by atoms with Gasteiger partial charge in [-0.2, -0.15) is 0 Å². The highest BCUT2D eigenvalue weighted by molar-refractivity contribution is 4.76. The van der Waals surface area contributed by atoms with Crippen LogP contribution in [0.15, 0.2) is 18.7 Å². The van der Waals surface area contributed by atoms with Crippen molar-refractivity contribution in [2.24, 2.45) is 0 Å². The third kappa shape index (κ3) is 4.46. The first-order chi connectivity index (χ1) is 8.34. The van der Waals surface area contributed by atoms with Gasteiger partial charge in [0.1, 0.15) is 0 Å². The van der Waals surface area contributed by atoms with Crippen molar-refractivity contribution in [3.63, 3.8) is 0 Å². The molecule has 1 saturated heterocycles. The average molecular weight is 238 g/mol. The van der Waals surface area contributed by atoms with Crippen molar-refractivity contribution in [3.05, 3.63) is 18.7 Å². The monoisotopic (exact) mass is 238 g/mol. The molecule has 1 fully saturated rings. The molecule has 96 valence electrons. The summed E-state index contributed by atoms with van der Waals surface area (Å²) in [4.78, 5) is 6.49. The van der Waals surface area contributed by atoms with Gasteiger partial charge in [-0.05, 0) is 6.92 Å². The second-order valence-corrected chi connectivity index (χ2v) is 4.57. The van der Waals surface area contributed by atoms with Gasteiger partial charge in [0.15, 0.2) is 0 Å². The van der Waals surface area contributed by atoms with Gasteiger partial charge in [-0.25, -0.2) is 4.98 Å². The van der Waals surface area contributed by atoms with Crippen LogP contribution in [0, 0.1) is 0 Å². The summed E-state index contributed by atoms with van der Waals surface area (Å²) in [5.74, 6) is 0. The highest BCUT2D eigenvalue weighted by Crippen LogP contribution is 1.96. The Hall–Kier alpha value is -0.910. The van der Waals surface area contributed by atoms with Gasteiger partial charge in [-0.1, -0.05) is 0 Å². The molecule has 0 saturated carbocycles. The Kier molecular flexibility index (Phi) is 4.97. The zero-order valence-corrected chi connectivity index (χ0v) is 10.5. The summed E-state index contributed by atoms with van der Waals surface area (Å²) in [6, 6.07) is 0.477. The number of nitrogens with one attached hydrogen (secondary N) is 1. The van der Waals surface area contributed by atoms with Crippen molar-refractivity contribution in [1.29, 1.82) is 0 Å². The highest BCUT2D eigenvalue weighted by Gasteiger charge is 2.10. The number of ether oxygens (including phenoxy) is 1. The van der Waals surface area contributed by atoms with Gasteiger partial charge in [0.2, 0.25) is 0 Å². The van der Waals surface area contributed by atoms with E-state index in [0.717, 1.165) is 45.9 Å². The number of imidazole rings is 1. The molecule has 2 rings (SSSR count). The fourth-order valence-corrected chi connectivity index (χ4v) is 2.07. The molecule has 1 aromatic rings. The molecule has 5 nitrogen and oxygen atoms in total. The first-order valence-corrected chi connectivity index (χ1v) is 6.34. The van der Waals surface area contributed by atoms with Crippen LogP contribution in [0.2, 0.25) is 0 Å². The van der Waals surface area contributed by atoms with E-state index in [1.54, 1.807) is 0 Å². The standard InChI is InChI=1S/C12H22N4O/c1-12(10-16-4-2-13-11-16)14-3-5-15-6-8-17-9-7-15/h2,4,11-12,14H,3,5-10H2,1H3. The van der Waals surface area contributed by atoms with Crippen molar-refractivity contribution >= 4 is 0 Å². The number of nitrogens with zero attached hydrogens (tertiary/aromatic N) is 3. The zero-order chi connectivity index (χ0) is 11.9. The van der Waals surface area contributed by atoms with Crippen LogP contribution >= 0.6 is 0 Å². The molecule has 1 aliphatic rings. The lowest BCUT2D eigenvalue weighted by Crippen LogP contribution is -2.42. The number of aromatic nitrogens is 2. The van der Waals surface area contributed by atoms with Crippen molar-refractivity contribution in [3.8, 4) is 0 Å². The Labute approximate surface area is 103 Å². The van der Waals surface area contributed by atoms with E-state index in [-0.39, 0.29) is 0 Å². The van der Waals surface area contributed by atoms with Gasteiger partial charge >= 0.3 is 0 Å². The zero-order valence-electron chi connectivity index (χ0n) is 10.5. The van der Waals surface area contributed by atoms with Crippen LogP contribution in [-0.4, -0.2) is 59.9 Å². The molecule has 5 heteroatoms. The molecule has 0 bridgehead atoms. The van der Waals surface area contributed by atoms with Gasteiger partial charge in [-0.15, -0.1) is 0 Å². The molecule has 0 aromatic carbocycles. The number of hydrogen-bond acceptors (Lipinski definition) is 4. The molecule has 1 atom stereocenters. The molecule has 0 radical (unpaired) electrons. The molecule has 1 aromatic heterocycles. The molecule has 1 N–H and O–H groups in total. The second kappa shape index (κ2) is 6.74. The maximum atomic E-state index is 5.32. The number of morpholine rings is 1. The minimum absolute atomic E-state index is 0.477. The molecule has 0 amide bonds. The molecule has 0 spiro atoms. The van der Waals surface area contributed by atoms with Gasteiger partial charge in [-0.3, -0.25) is 4.90 Å². The lowest BCUT2D eigenvalue weighted by Gasteiger charge is -2.27. The first kappa shape index (κ1) is 12.5. The van der Waals surface area contributed by atoms with Gasteiger partial charge in [0.25, 0.3) is 0 Å². The summed E-state index contributed by atoms with van der Waals surface area (Å²) in [6.45, 7) is 9.22. The smallest absolute Gasteiger partial charge is 0.0946 e. The van der Waals surface area contributed by atoms with E-state index < -0.39 is 0 Å². The number of hydrogen-bond donors (Lipinski definition) is 1. The van der Waals surface area contributed by atoms with Crippen LogP contribution in [0.25, 0.3) is 0 Å². The Balaban J connectivity index is 1.58. The predicted octanol–water partition coefficient (Wildman–Crippen LogP) is 0.193. The number of rotatable bonds is 6. The van der Waals surface area contributed by atoms with E-state index >= 15 is 0 Å². The topological polar surface area (TPSA) is 42.3 Å². The van der Waals surface area contributed by atoms with Crippen molar-refractivity contribution in [2.75, 3.05) is 39.4 Å². The highest BCUT2D eigenvalue weighted by atomic mass is 16.5. The normalized spacial score (nSPS) is 19.4. The van der Waals surface area contributed by atoms with E-state index in [4.69, 9.17) is 4.74 Å². The molecular formula is C12H22N4O. The molecule has 17 heavy (non-hydrogen) atoms. The summed E-state index contributed by atoms with van der Waals surface area (Å²) in [6.07, 6.45) is 5.68. The molecule has 2 heterocycles. The summed E-state index contributed by atoms with van der Waals surface area (Å²) in [5, 5.41) is 3.54. The SMILES string of the molecule is CC(Cn1ccnc1)NCCN1CCOCC1. The van der Waals surface area contributed by atoms with E-state index in [1.165, 1.54) is 0 Å². The summed E-state index contributed by atoms with van der Waals surface area (Å²) >= 11 is 0. The van der Waals surface area contributed by atoms with Crippen LogP contribution in [0.1, 0.15) is 6.92 Å². The van der Waals surface area contributed by atoms with Gasteiger partial charge < -0.3 is 14.6 Å². The Morgan fingerprint density at radius 1 is 1.41 bits per heavy atom. The van der Waals surface area contributed by atoms with Gasteiger partial charge in [0.05, 0.1) is 19.5 Å². The minimum atomic E-state index is 0.477. The largest absolute Gasteiger partial charge is 0.379 e. The Morgan fingerprint density at radius 3 is 2.94 bits per heavy atom. The summed E-state index contributed by atoms with van der Waals surface area (Å²) < 4.78 is 7.43. The minimum Gasteiger partial charge on any atom is -0.379 e. The lowest BCUT2D eigenvalue weighted by atomic mass is 10.3. The van der Waals surface area contributed by atoms with Crippen LogP contribution < -0.4 is 5.32 Å². The Morgan fingerprint density at radius 2 is 2.24 bits per heavy atom. The van der Waals surface area contributed by atoms with Gasteiger partial charge in [0, 0.05) is 51.2 Å². The third-order valence-electron chi connectivity index (χ3n) is 3.07. The average Bonchev–Trinajstić information content (AvgIpc) is 2.83. The molecular weight excluding hydrogens is 216 g/mol. The third-order valence-corrected chi connectivity index (χ3v) is 3.07. The maximum absolute atomic E-state index is 5.32. The molecule has 1 aliphatic heterocycles. The quantitative estimate of drug-likeness (QED) is 0.768. The molecule has 1 unspecified atom stereocenters. The van der Waals surface area contributed by atoms with Crippen LogP contribution in [0.4, 0.5) is 0 Å². The molecule has 0 aliphatic carbocycles. The van der Waals surface area contributed by atoms with Crippen LogP contribution in [0.3, 0.4) is 0 Å². The Bertz CT molecular complexity index is 295. The van der Waals surface area contributed by atoms with E-state index in [2.05, 4.69) is 26.7 Å². The first-order valence-electron chi connectivity index (χ1n) is 6.34. The van der Waals surface area contributed by atoms with Crippen molar-refractivity contribution in [2.45, 2.75) is 19.5 Å². The fraction of sp³-hybridized carbons (Fsp3) is 0.750. The lowest BCUT2D eigenvalue weighted by molar-refractivity contribution is 0.0381. The van der Waals surface area contributed by atoms with Crippen molar-refractivity contribution in [1.82, 2.24) is 19.8 Å². The van der Waals surface area contributed by atoms with E-state index in [9.17, 15) is 0 Å².